The lowest BCUT2D eigenvalue weighted by molar-refractivity contribution is -0.148. The van der Waals surface area contributed by atoms with Crippen LogP contribution in [0, 0.1) is 6.92 Å². The van der Waals surface area contributed by atoms with Crippen molar-refractivity contribution in [2.24, 2.45) is 0 Å². The van der Waals surface area contributed by atoms with Crippen LogP contribution in [0.5, 0.6) is 0 Å². The molecule has 0 amide bonds. The molecule has 2 aromatic heterocycles. The van der Waals surface area contributed by atoms with Gasteiger partial charge in [0.15, 0.2) is 5.65 Å². The Balaban J connectivity index is 2.83. The summed E-state index contributed by atoms with van der Waals surface area (Å²) in [6.07, 6.45) is 3.46. The van der Waals surface area contributed by atoms with Gasteiger partial charge in [-0.25, -0.2) is 14.8 Å². The van der Waals surface area contributed by atoms with Gasteiger partial charge >= 0.3 is 5.97 Å². The lowest BCUT2D eigenvalue weighted by Crippen LogP contribution is -2.42. The molecule has 0 fully saturated rings. The van der Waals surface area contributed by atoms with Crippen molar-refractivity contribution in [1.29, 1.82) is 0 Å². The molecular formula is C15H21N3O2. The van der Waals surface area contributed by atoms with Gasteiger partial charge in [0.05, 0.1) is 0 Å². The highest BCUT2D eigenvalue weighted by atomic mass is 16.4. The number of hydrogen-bond acceptors (Lipinski definition) is 3. The van der Waals surface area contributed by atoms with Gasteiger partial charge in [-0.2, -0.15) is 0 Å². The maximum Gasteiger partial charge on any atom is 0.329 e. The Kier molecular flexibility index (Phi) is 3.79. The van der Waals surface area contributed by atoms with Crippen molar-refractivity contribution in [3.8, 4) is 0 Å². The molecule has 20 heavy (non-hydrogen) atoms. The first kappa shape index (κ1) is 14.5. The molecule has 0 radical (unpaired) electrons. The zero-order valence-electron chi connectivity index (χ0n) is 12.5. The molecule has 0 aliphatic carbocycles. The average molecular weight is 275 g/mol. The van der Waals surface area contributed by atoms with E-state index in [-0.39, 0.29) is 0 Å². The fourth-order valence-electron chi connectivity index (χ4n) is 2.76. The Bertz CT molecular complexity index is 642. The summed E-state index contributed by atoms with van der Waals surface area (Å²) < 4.78 is 1.82. The summed E-state index contributed by atoms with van der Waals surface area (Å²) >= 11 is 0. The Morgan fingerprint density at radius 1 is 1.35 bits per heavy atom. The van der Waals surface area contributed by atoms with E-state index in [4.69, 9.17) is 0 Å². The Morgan fingerprint density at radius 3 is 2.50 bits per heavy atom. The molecule has 108 valence electrons. The van der Waals surface area contributed by atoms with Gasteiger partial charge in [-0.15, -0.1) is 0 Å². The topological polar surface area (TPSA) is 68.0 Å². The van der Waals surface area contributed by atoms with E-state index in [1.165, 1.54) is 0 Å². The molecule has 0 saturated carbocycles. The number of aryl methyl sites for hydroxylation is 2. The first-order valence-corrected chi connectivity index (χ1v) is 7.08. The van der Waals surface area contributed by atoms with E-state index in [1.807, 2.05) is 38.3 Å². The Morgan fingerprint density at radius 2 is 2.00 bits per heavy atom. The van der Waals surface area contributed by atoms with Gasteiger partial charge in [0, 0.05) is 12.6 Å². The number of carbonyl (C=O) groups is 1. The van der Waals surface area contributed by atoms with Crippen molar-refractivity contribution in [2.45, 2.75) is 52.5 Å². The third-order valence-electron chi connectivity index (χ3n) is 4.02. The minimum atomic E-state index is -0.970. The summed E-state index contributed by atoms with van der Waals surface area (Å²) in [5.74, 6) is -0.0388. The molecule has 2 aromatic rings. The third-order valence-corrected chi connectivity index (χ3v) is 4.02. The third kappa shape index (κ3) is 1.97. The molecule has 5 heteroatoms. The standard InChI is InChI=1S/C15H21N3O2/c1-5-12-17-11-8-10(4)9-16-13(11)18(12)15(6-2,7-3)14(19)20/h8-9H,5-7H2,1-4H3,(H,19,20). The highest BCUT2D eigenvalue weighted by molar-refractivity contribution is 5.81. The minimum Gasteiger partial charge on any atom is -0.479 e. The van der Waals surface area contributed by atoms with Gasteiger partial charge in [-0.1, -0.05) is 20.8 Å². The first-order chi connectivity index (χ1) is 9.50. The second-order valence-corrected chi connectivity index (χ2v) is 5.12. The number of hydrogen-bond donors (Lipinski definition) is 1. The van der Waals surface area contributed by atoms with Gasteiger partial charge < -0.3 is 5.11 Å². The first-order valence-electron chi connectivity index (χ1n) is 7.08. The normalized spacial score (nSPS) is 12.0. The fraction of sp³-hybridized carbons (Fsp3) is 0.533. The second-order valence-electron chi connectivity index (χ2n) is 5.12. The molecule has 2 rings (SSSR count). The zero-order valence-corrected chi connectivity index (χ0v) is 12.5. The summed E-state index contributed by atoms with van der Waals surface area (Å²) in [5.41, 5.74) is 1.49. The fourth-order valence-corrected chi connectivity index (χ4v) is 2.76. The predicted octanol–water partition coefficient (Wildman–Crippen LogP) is 2.90. The number of aliphatic carboxylic acids is 1. The number of nitrogens with zero attached hydrogens (tertiary/aromatic N) is 3. The molecule has 0 unspecified atom stereocenters. The number of carboxylic acid groups (broad SMARTS) is 1. The van der Waals surface area contributed by atoms with Gasteiger partial charge in [-0.3, -0.25) is 4.57 Å². The van der Waals surface area contributed by atoms with Gasteiger partial charge in [0.2, 0.25) is 0 Å². The van der Waals surface area contributed by atoms with Crippen LogP contribution in [0.15, 0.2) is 12.3 Å². The predicted molar refractivity (Wildman–Crippen MR) is 77.8 cm³/mol. The van der Waals surface area contributed by atoms with E-state index in [9.17, 15) is 9.90 Å². The summed E-state index contributed by atoms with van der Waals surface area (Å²) in [5, 5.41) is 9.75. The monoisotopic (exact) mass is 275 g/mol. The maximum atomic E-state index is 11.9. The lowest BCUT2D eigenvalue weighted by Gasteiger charge is -2.30. The van der Waals surface area contributed by atoms with Crippen molar-refractivity contribution in [2.75, 3.05) is 0 Å². The lowest BCUT2D eigenvalue weighted by atomic mass is 9.92. The van der Waals surface area contributed by atoms with Gasteiger partial charge in [0.1, 0.15) is 16.9 Å². The zero-order chi connectivity index (χ0) is 14.9. The van der Waals surface area contributed by atoms with Crippen LogP contribution < -0.4 is 0 Å². The van der Waals surface area contributed by atoms with E-state index in [2.05, 4.69) is 9.97 Å². The number of pyridine rings is 1. The minimum absolute atomic E-state index is 0.507. The average Bonchev–Trinajstić information content (AvgIpc) is 2.79. The van der Waals surface area contributed by atoms with Crippen LogP contribution in [-0.2, 0) is 16.8 Å². The molecule has 0 bridgehead atoms. The smallest absolute Gasteiger partial charge is 0.329 e. The molecule has 5 nitrogen and oxygen atoms in total. The van der Waals surface area contributed by atoms with E-state index in [0.717, 1.165) is 16.9 Å². The van der Waals surface area contributed by atoms with E-state index in [0.29, 0.717) is 24.9 Å². The number of imidazole rings is 1. The second kappa shape index (κ2) is 5.23. The number of carboxylic acids is 1. The van der Waals surface area contributed by atoms with Crippen LogP contribution in [0.4, 0.5) is 0 Å². The highest BCUT2D eigenvalue weighted by Gasteiger charge is 2.40. The van der Waals surface area contributed by atoms with Crippen LogP contribution in [-0.4, -0.2) is 25.6 Å². The molecule has 0 aliphatic rings. The summed E-state index contributed by atoms with van der Waals surface area (Å²) in [7, 11) is 0. The molecule has 2 heterocycles. The summed E-state index contributed by atoms with van der Waals surface area (Å²) in [6.45, 7) is 7.75. The largest absolute Gasteiger partial charge is 0.479 e. The molecule has 0 saturated heterocycles. The van der Waals surface area contributed by atoms with Crippen LogP contribution in [0.2, 0.25) is 0 Å². The van der Waals surface area contributed by atoms with E-state index < -0.39 is 11.5 Å². The summed E-state index contributed by atoms with van der Waals surface area (Å²) in [6, 6.07) is 1.95. The van der Waals surface area contributed by atoms with Crippen molar-refractivity contribution in [3.63, 3.8) is 0 Å². The van der Waals surface area contributed by atoms with Crippen LogP contribution >= 0.6 is 0 Å². The Labute approximate surface area is 118 Å². The molecular weight excluding hydrogens is 254 g/mol. The highest BCUT2D eigenvalue weighted by Crippen LogP contribution is 2.31. The van der Waals surface area contributed by atoms with E-state index >= 15 is 0 Å². The molecule has 1 N–H and O–H groups in total. The van der Waals surface area contributed by atoms with Crippen LogP contribution in [0.1, 0.15) is 45.0 Å². The molecule has 0 atom stereocenters. The molecule has 0 spiro atoms. The van der Waals surface area contributed by atoms with E-state index in [1.54, 1.807) is 6.20 Å². The van der Waals surface area contributed by atoms with Crippen LogP contribution in [0.3, 0.4) is 0 Å². The number of rotatable bonds is 5. The van der Waals surface area contributed by atoms with Crippen molar-refractivity contribution < 1.29 is 9.90 Å². The van der Waals surface area contributed by atoms with Crippen molar-refractivity contribution in [1.82, 2.24) is 14.5 Å². The van der Waals surface area contributed by atoms with Crippen molar-refractivity contribution in [3.05, 3.63) is 23.7 Å². The van der Waals surface area contributed by atoms with Gasteiger partial charge in [-0.05, 0) is 31.4 Å². The number of aromatic nitrogens is 3. The number of fused-ring (bicyclic) bond motifs is 1. The van der Waals surface area contributed by atoms with Crippen molar-refractivity contribution >= 4 is 17.1 Å². The van der Waals surface area contributed by atoms with Gasteiger partial charge in [0.25, 0.3) is 0 Å². The Hall–Kier alpha value is -1.91. The summed E-state index contributed by atoms with van der Waals surface area (Å²) in [4.78, 5) is 20.9. The van der Waals surface area contributed by atoms with Crippen LogP contribution in [0.25, 0.3) is 11.2 Å². The SMILES string of the molecule is CCc1nc2cc(C)cnc2n1C(CC)(CC)C(=O)O. The molecule has 0 aromatic carbocycles. The molecule has 0 aliphatic heterocycles. The maximum absolute atomic E-state index is 11.9. The quantitative estimate of drug-likeness (QED) is 0.911.